The van der Waals surface area contributed by atoms with Gasteiger partial charge in [0.2, 0.25) is 0 Å². The summed E-state index contributed by atoms with van der Waals surface area (Å²) in [7, 11) is 0. The van der Waals surface area contributed by atoms with Gasteiger partial charge in [-0.3, -0.25) is 4.79 Å². The lowest BCUT2D eigenvalue weighted by Crippen LogP contribution is -2.10. The fraction of sp³-hybridized carbons (Fsp3) is 0.312. The van der Waals surface area contributed by atoms with Crippen LogP contribution in [0.15, 0.2) is 30.3 Å². The maximum absolute atomic E-state index is 12.2. The molecule has 1 amide bonds. The zero-order chi connectivity index (χ0) is 14.5. The van der Waals surface area contributed by atoms with Crippen molar-refractivity contribution in [2.45, 2.75) is 33.3 Å². The fourth-order valence-electron chi connectivity index (χ4n) is 2.09. The first-order valence-corrected chi connectivity index (χ1v) is 7.56. The number of carbonyl (C=O) groups excluding carboxylic acids is 1. The molecule has 0 spiro atoms. The Morgan fingerprint density at radius 3 is 2.85 bits per heavy atom. The van der Waals surface area contributed by atoms with Gasteiger partial charge in [0.15, 0.2) is 0 Å². The second-order valence-corrected chi connectivity index (χ2v) is 6.01. The van der Waals surface area contributed by atoms with E-state index in [0.717, 1.165) is 23.3 Å². The number of anilines is 1. The van der Waals surface area contributed by atoms with Crippen molar-refractivity contribution in [1.29, 1.82) is 0 Å². The molecule has 2 rings (SSSR count). The second-order valence-electron chi connectivity index (χ2n) is 4.75. The number of hydrogen-bond donors (Lipinski definition) is 2. The van der Waals surface area contributed by atoms with Crippen LogP contribution in [0.2, 0.25) is 0 Å². The van der Waals surface area contributed by atoms with E-state index in [-0.39, 0.29) is 12.5 Å². The molecule has 0 atom stereocenters. The third kappa shape index (κ3) is 3.46. The third-order valence-electron chi connectivity index (χ3n) is 3.13. The fourth-order valence-corrected chi connectivity index (χ4v) is 3.06. The highest BCUT2D eigenvalue weighted by Gasteiger charge is 2.12. The number of aliphatic hydroxyl groups is 1. The molecule has 1 aromatic heterocycles. The molecule has 0 saturated heterocycles. The maximum atomic E-state index is 12.2. The van der Waals surface area contributed by atoms with E-state index >= 15 is 0 Å². The van der Waals surface area contributed by atoms with E-state index in [2.05, 4.69) is 19.2 Å². The van der Waals surface area contributed by atoms with Crippen molar-refractivity contribution in [1.82, 2.24) is 0 Å². The van der Waals surface area contributed by atoms with Crippen molar-refractivity contribution in [2.75, 3.05) is 5.32 Å². The van der Waals surface area contributed by atoms with Gasteiger partial charge < -0.3 is 10.4 Å². The summed E-state index contributed by atoms with van der Waals surface area (Å²) in [6, 6.07) is 9.23. The largest absolute Gasteiger partial charge is 0.392 e. The smallest absolute Gasteiger partial charge is 0.265 e. The predicted molar refractivity (Wildman–Crippen MR) is 83.4 cm³/mol. The van der Waals surface area contributed by atoms with Gasteiger partial charge in [-0.2, -0.15) is 0 Å². The summed E-state index contributed by atoms with van der Waals surface area (Å²) < 4.78 is 0. The standard InChI is InChI=1S/C16H19NO2S/c1-3-5-13-9-15(20-11(13)2)16(19)17-14-7-4-6-12(8-14)10-18/h4,6-9,18H,3,5,10H2,1-2H3,(H,17,19). The van der Waals surface area contributed by atoms with Crippen LogP contribution in [0.5, 0.6) is 0 Å². The van der Waals surface area contributed by atoms with E-state index in [4.69, 9.17) is 5.11 Å². The molecule has 0 aliphatic heterocycles. The average molecular weight is 289 g/mol. The molecular weight excluding hydrogens is 270 g/mol. The first-order chi connectivity index (χ1) is 9.63. The minimum atomic E-state index is -0.0875. The van der Waals surface area contributed by atoms with Crippen LogP contribution < -0.4 is 5.32 Å². The Bertz CT molecular complexity index is 604. The number of carbonyl (C=O) groups is 1. The molecule has 3 nitrogen and oxygen atoms in total. The number of hydrogen-bond acceptors (Lipinski definition) is 3. The molecule has 20 heavy (non-hydrogen) atoms. The lowest BCUT2D eigenvalue weighted by atomic mass is 10.1. The van der Waals surface area contributed by atoms with Crippen molar-refractivity contribution in [2.24, 2.45) is 0 Å². The summed E-state index contributed by atoms with van der Waals surface area (Å²) in [4.78, 5) is 14.2. The van der Waals surface area contributed by atoms with Gasteiger partial charge in [-0.05, 0) is 42.7 Å². The first kappa shape index (κ1) is 14.8. The summed E-state index contributed by atoms with van der Waals surface area (Å²) in [6.07, 6.45) is 2.09. The summed E-state index contributed by atoms with van der Waals surface area (Å²) in [5.74, 6) is -0.0875. The number of amides is 1. The molecule has 0 aliphatic carbocycles. The Morgan fingerprint density at radius 2 is 2.15 bits per heavy atom. The molecule has 1 aromatic carbocycles. The van der Waals surface area contributed by atoms with Crippen molar-refractivity contribution in [3.63, 3.8) is 0 Å². The maximum Gasteiger partial charge on any atom is 0.265 e. The third-order valence-corrected chi connectivity index (χ3v) is 4.22. The molecule has 0 radical (unpaired) electrons. The van der Waals surface area contributed by atoms with Crippen LogP contribution in [-0.4, -0.2) is 11.0 Å². The highest BCUT2D eigenvalue weighted by atomic mass is 32.1. The van der Waals surface area contributed by atoms with Gasteiger partial charge in [-0.1, -0.05) is 25.5 Å². The summed E-state index contributed by atoms with van der Waals surface area (Å²) >= 11 is 1.53. The van der Waals surface area contributed by atoms with Gasteiger partial charge in [0, 0.05) is 10.6 Å². The van der Waals surface area contributed by atoms with Crippen LogP contribution in [-0.2, 0) is 13.0 Å². The Hall–Kier alpha value is -1.65. The van der Waals surface area contributed by atoms with Crippen LogP contribution in [0.4, 0.5) is 5.69 Å². The van der Waals surface area contributed by atoms with E-state index in [1.165, 1.54) is 21.8 Å². The van der Waals surface area contributed by atoms with Gasteiger partial charge in [0.05, 0.1) is 11.5 Å². The van der Waals surface area contributed by atoms with Crippen LogP contribution in [0.25, 0.3) is 0 Å². The Morgan fingerprint density at radius 1 is 1.35 bits per heavy atom. The zero-order valence-corrected chi connectivity index (χ0v) is 12.6. The molecule has 2 N–H and O–H groups in total. The van der Waals surface area contributed by atoms with Crippen molar-refractivity contribution >= 4 is 22.9 Å². The second kappa shape index (κ2) is 6.68. The number of benzene rings is 1. The Labute approximate surface area is 123 Å². The topological polar surface area (TPSA) is 49.3 Å². The van der Waals surface area contributed by atoms with Gasteiger partial charge in [-0.25, -0.2) is 0 Å². The van der Waals surface area contributed by atoms with E-state index in [9.17, 15) is 4.79 Å². The minimum Gasteiger partial charge on any atom is -0.392 e. The van der Waals surface area contributed by atoms with Gasteiger partial charge in [0.1, 0.15) is 0 Å². The Balaban J connectivity index is 2.13. The molecule has 0 fully saturated rings. The van der Waals surface area contributed by atoms with Gasteiger partial charge in [-0.15, -0.1) is 11.3 Å². The molecule has 4 heteroatoms. The van der Waals surface area contributed by atoms with E-state index in [0.29, 0.717) is 5.69 Å². The number of thiophene rings is 1. The normalized spacial score (nSPS) is 10.6. The molecule has 2 aromatic rings. The van der Waals surface area contributed by atoms with Crippen molar-refractivity contribution in [3.05, 3.63) is 51.2 Å². The highest BCUT2D eigenvalue weighted by Crippen LogP contribution is 2.24. The van der Waals surface area contributed by atoms with Crippen molar-refractivity contribution < 1.29 is 9.90 Å². The first-order valence-electron chi connectivity index (χ1n) is 6.74. The lowest BCUT2D eigenvalue weighted by Gasteiger charge is -2.05. The van der Waals surface area contributed by atoms with Crippen LogP contribution in [0.3, 0.4) is 0 Å². The molecule has 0 bridgehead atoms. The summed E-state index contributed by atoms with van der Waals surface area (Å²) in [5.41, 5.74) is 2.76. The minimum absolute atomic E-state index is 0.0253. The van der Waals surface area contributed by atoms with Crippen LogP contribution in [0.1, 0.15) is 39.0 Å². The van der Waals surface area contributed by atoms with Crippen LogP contribution in [0, 0.1) is 6.92 Å². The SMILES string of the molecule is CCCc1cc(C(=O)Nc2cccc(CO)c2)sc1C. The molecule has 0 saturated carbocycles. The predicted octanol–water partition coefficient (Wildman–Crippen LogP) is 3.75. The van der Waals surface area contributed by atoms with Crippen LogP contribution >= 0.6 is 11.3 Å². The number of aryl methyl sites for hydroxylation is 2. The molecule has 106 valence electrons. The lowest BCUT2D eigenvalue weighted by molar-refractivity contribution is 0.103. The molecule has 0 unspecified atom stereocenters. The van der Waals surface area contributed by atoms with Crippen molar-refractivity contribution in [3.8, 4) is 0 Å². The molecular formula is C16H19NO2S. The molecule has 0 aliphatic rings. The highest BCUT2D eigenvalue weighted by molar-refractivity contribution is 7.14. The van der Waals surface area contributed by atoms with Gasteiger partial charge in [0.25, 0.3) is 5.91 Å². The molecule has 1 heterocycles. The average Bonchev–Trinajstić information content (AvgIpc) is 2.81. The Kier molecular flexibility index (Phi) is 4.93. The van der Waals surface area contributed by atoms with E-state index in [1.54, 1.807) is 6.07 Å². The summed E-state index contributed by atoms with van der Waals surface area (Å²) in [6.45, 7) is 4.17. The van der Waals surface area contributed by atoms with Gasteiger partial charge >= 0.3 is 0 Å². The zero-order valence-electron chi connectivity index (χ0n) is 11.8. The monoisotopic (exact) mass is 289 g/mol. The van der Waals surface area contributed by atoms with E-state index in [1.807, 2.05) is 24.3 Å². The number of nitrogens with one attached hydrogen (secondary N) is 1. The van der Waals surface area contributed by atoms with E-state index < -0.39 is 0 Å². The number of rotatable bonds is 5. The summed E-state index contributed by atoms with van der Waals surface area (Å²) in [5, 5.41) is 12.0. The quantitative estimate of drug-likeness (QED) is 0.880. The number of aliphatic hydroxyl groups excluding tert-OH is 1.